The van der Waals surface area contributed by atoms with Crippen LogP contribution in [0.15, 0.2) is 31.0 Å². The van der Waals surface area contributed by atoms with Gasteiger partial charge in [0.2, 0.25) is 0 Å². The highest BCUT2D eigenvalue weighted by Gasteiger charge is 1.96. The zero-order valence-corrected chi connectivity index (χ0v) is 6.25. The minimum absolute atomic E-state index is 0.485. The van der Waals surface area contributed by atoms with Gasteiger partial charge in [0.15, 0.2) is 0 Å². The maximum absolute atomic E-state index is 5.44. The molecular formula is C7H7N5. The molecule has 0 aliphatic carbocycles. The summed E-state index contributed by atoms with van der Waals surface area (Å²) in [7, 11) is 0. The van der Waals surface area contributed by atoms with Crippen molar-refractivity contribution in [2.24, 2.45) is 0 Å². The number of anilines is 1. The molecule has 2 aromatic heterocycles. The van der Waals surface area contributed by atoms with Gasteiger partial charge in [-0.2, -0.15) is 5.10 Å². The zero-order valence-electron chi connectivity index (χ0n) is 6.25. The summed E-state index contributed by atoms with van der Waals surface area (Å²) >= 11 is 0. The maximum Gasteiger partial charge on any atom is 0.145 e. The molecule has 2 heterocycles. The first-order valence-corrected chi connectivity index (χ1v) is 3.43. The predicted molar refractivity (Wildman–Crippen MR) is 43.6 cm³/mol. The number of aromatic nitrogens is 4. The molecule has 12 heavy (non-hydrogen) atoms. The third-order valence-electron chi connectivity index (χ3n) is 1.42. The van der Waals surface area contributed by atoms with Crippen molar-refractivity contribution in [1.82, 2.24) is 19.7 Å². The number of nitrogens with two attached hydrogens (primary N) is 1. The van der Waals surface area contributed by atoms with Crippen LogP contribution in [0.3, 0.4) is 0 Å². The van der Waals surface area contributed by atoms with E-state index >= 15 is 0 Å². The maximum atomic E-state index is 5.44. The molecule has 2 N–H and O–H groups in total. The SMILES string of the molecule is Nc1ccn(-c2cncnc2)n1. The fourth-order valence-electron chi connectivity index (χ4n) is 0.891. The first-order valence-electron chi connectivity index (χ1n) is 3.43. The van der Waals surface area contributed by atoms with E-state index in [-0.39, 0.29) is 0 Å². The van der Waals surface area contributed by atoms with Crippen molar-refractivity contribution in [3.8, 4) is 5.69 Å². The monoisotopic (exact) mass is 161 g/mol. The normalized spacial score (nSPS) is 10.0. The molecule has 0 bridgehead atoms. The van der Waals surface area contributed by atoms with E-state index in [0.29, 0.717) is 5.82 Å². The van der Waals surface area contributed by atoms with Crippen molar-refractivity contribution in [3.63, 3.8) is 0 Å². The van der Waals surface area contributed by atoms with Gasteiger partial charge in [-0.25, -0.2) is 14.6 Å². The van der Waals surface area contributed by atoms with Gasteiger partial charge in [0.25, 0.3) is 0 Å². The third kappa shape index (κ3) is 1.12. The summed E-state index contributed by atoms with van der Waals surface area (Å²) in [6, 6.07) is 1.72. The first-order chi connectivity index (χ1) is 5.86. The summed E-state index contributed by atoms with van der Waals surface area (Å²) in [4.78, 5) is 7.72. The smallest absolute Gasteiger partial charge is 0.145 e. The predicted octanol–water partition coefficient (Wildman–Crippen LogP) is 0.244. The van der Waals surface area contributed by atoms with E-state index in [2.05, 4.69) is 15.1 Å². The highest BCUT2D eigenvalue weighted by Crippen LogP contribution is 2.03. The molecule has 0 fully saturated rings. The second kappa shape index (κ2) is 2.61. The Labute approximate surface area is 68.9 Å². The van der Waals surface area contributed by atoms with Gasteiger partial charge in [-0.3, -0.25) is 0 Å². The summed E-state index contributed by atoms with van der Waals surface area (Å²) in [6.07, 6.45) is 6.56. The van der Waals surface area contributed by atoms with E-state index in [9.17, 15) is 0 Å². The van der Waals surface area contributed by atoms with E-state index in [1.165, 1.54) is 6.33 Å². The van der Waals surface area contributed by atoms with Crippen molar-refractivity contribution < 1.29 is 0 Å². The molecule has 2 aromatic rings. The Balaban J connectivity index is 2.45. The lowest BCUT2D eigenvalue weighted by atomic mass is 10.5. The van der Waals surface area contributed by atoms with Gasteiger partial charge in [0.1, 0.15) is 17.8 Å². The fraction of sp³-hybridized carbons (Fsp3) is 0. The second-order valence-electron chi connectivity index (χ2n) is 2.28. The van der Waals surface area contributed by atoms with Gasteiger partial charge in [0, 0.05) is 12.3 Å². The Morgan fingerprint density at radius 2 is 2.00 bits per heavy atom. The van der Waals surface area contributed by atoms with Crippen LogP contribution in [0.4, 0.5) is 5.82 Å². The number of rotatable bonds is 1. The molecular weight excluding hydrogens is 154 g/mol. The molecule has 2 rings (SSSR count). The Kier molecular flexibility index (Phi) is 1.48. The van der Waals surface area contributed by atoms with E-state index < -0.39 is 0 Å². The van der Waals surface area contributed by atoms with Crippen LogP contribution in [-0.2, 0) is 0 Å². The Morgan fingerprint density at radius 1 is 1.25 bits per heavy atom. The molecule has 0 atom stereocenters. The van der Waals surface area contributed by atoms with Crippen molar-refractivity contribution in [2.45, 2.75) is 0 Å². The van der Waals surface area contributed by atoms with E-state index in [1.807, 2.05) is 0 Å². The lowest BCUT2D eigenvalue weighted by Crippen LogP contribution is -1.97. The van der Waals surface area contributed by atoms with E-state index in [0.717, 1.165) is 5.69 Å². The number of hydrogen-bond acceptors (Lipinski definition) is 4. The highest BCUT2D eigenvalue weighted by atomic mass is 15.3. The highest BCUT2D eigenvalue weighted by molar-refractivity contribution is 5.30. The van der Waals surface area contributed by atoms with Crippen molar-refractivity contribution in [3.05, 3.63) is 31.0 Å². The van der Waals surface area contributed by atoms with Gasteiger partial charge in [-0.1, -0.05) is 0 Å². The average Bonchev–Trinajstić information content (AvgIpc) is 2.54. The lowest BCUT2D eigenvalue weighted by Gasteiger charge is -1.96. The van der Waals surface area contributed by atoms with Gasteiger partial charge >= 0.3 is 0 Å². The molecule has 0 saturated heterocycles. The third-order valence-corrected chi connectivity index (χ3v) is 1.42. The minimum Gasteiger partial charge on any atom is -0.382 e. The van der Waals surface area contributed by atoms with Gasteiger partial charge in [-0.15, -0.1) is 0 Å². The standard InChI is InChI=1S/C7H7N5/c8-7-1-2-12(11-7)6-3-9-5-10-4-6/h1-5H,(H2,8,11). The summed E-state index contributed by atoms with van der Waals surface area (Å²) in [5.41, 5.74) is 6.24. The van der Waals surface area contributed by atoms with Crippen LogP contribution in [0, 0.1) is 0 Å². The van der Waals surface area contributed by atoms with Crippen LogP contribution in [0.5, 0.6) is 0 Å². The molecule has 0 unspecified atom stereocenters. The van der Waals surface area contributed by atoms with Crippen LogP contribution >= 0.6 is 0 Å². The Morgan fingerprint density at radius 3 is 2.58 bits per heavy atom. The summed E-state index contributed by atoms with van der Waals surface area (Å²) in [5.74, 6) is 0.485. The average molecular weight is 161 g/mol. The fourth-order valence-corrected chi connectivity index (χ4v) is 0.891. The quantitative estimate of drug-likeness (QED) is 0.650. The summed E-state index contributed by atoms with van der Waals surface area (Å²) in [5, 5.41) is 4.00. The molecule has 5 nitrogen and oxygen atoms in total. The van der Waals surface area contributed by atoms with Crippen molar-refractivity contribution in [2.75, 3.05) is 5.73 Å². The van der Waals surface area contributed by atoms with Gasteiger partial charge < -0.3 is 5.73 Å². The van der Waals surface area contributed by atoms with E-state index in [1.54, 1.807) is 29.3 Å². The van der Waals surface area contributed by atoms with Crippen LogP contribution in [0.2, 0.25) is 0 Å². The number of nitrogen functional groups attached to an aromatic ring is 1. The second-order valence-corrected chi connectivity index (χ2v) is 2.28. The number of nitrogens with zero attached hydrogens (tertiary/aromatic N) is 4. The van der Waals surface area contributed by atoms with Crippen LogP contribution < -0.4 is 5.73 Å². The molecule has 0 radical (unpaired) electrons. The Bertz CT molecular complexity index is 366. The van der Waals surface area contributed by atoms with Crippen molar-refractivity contribution >= 4 is 5.82 Å². The van der Waals surface area contributed by atoms with E-state index in [4.69, 9.17) is 5.73 Å². The topological polar surface area (TPSA) is 69.6 Å². The molecule has 0 spiro atoms. The zero-order chi connectivity index (χ0) is 8.39. The van der Waals surface area contributed by atoms with Crippen LogP contribution in [-0.4, -0.2) is 19.7 Å². The molecule has 0 aliphatic heterocycles. The van der Waals surface area contributed by atoms with Crippen LogP contribution in [0.25, 0.3) is 5.69 Å². The lowest BCUT2D eigenvalue weighted by molar-refractivity contribution is 0.868. The summed E-state index contributed by atoms with van der Waals surface area (Å²) < 4.78 is 1.62. The molecule has 0 aromatic carbocycles. The molecule has 60 valence electrons. The Hall–Kier alpha value is -1.91. The van der Waals surface area contributed by atoms with Crippen LogP contribution in [0.1, 0.15) is 0 Å². The summed E-state index contributed by atoms with van der Waals surface area (Å²) in [6.45, 7) is 0. The van der Waals surface area contributed by atoms with Gasteiger partial charge in [0.05, 0.1) is 12.4 Å². The molecule has 0 saturated carbocycles. The first kappa shape index (κ1) is 6.78. The molecule has 0 aliphatic rings. The molecule has 0 amide bonds. The van der Waals surface area contributed by atoms with Gasteiger partial charge in [-0.05, 0) is 0 Å². The molecule has 5 heteroatoms. The van der Waals surface area contributed by atoms with Crippen molar-refractivity contribution in [1.29, 1.82) is 0 Å². The largest absolute Gasteiger partial charge is 0.382 e. The number of hydrogen-bond donors (Lipinski definition) is 1. The minimum atomic E-state index is 0.485.